The molecular weight excluding hydrogens is 414 g/mol. The number of aryl methyl sites for hydroxylation is 1. The molecule has 8 heteroatoms. The van der Waals surface area contributed by atoms with Gasteiger partial charge in [0.1, 0.15) is 23.8 Å². The predicted octanol–water partition coefficient (Wildman–Crippen LogP) is 3.94. The van der Waals surface area contributed by atoms with Crippen LogP contribution in [-0.2, 0) is 11.2 Å². The van der Waals surface area contributed by atoms with Crippen molar-refractivity contribution in [2.24, 2.45) is 0 Å². The number of hydrogen-bond acceptors (Lipinski definition) is 6. The molecule has 1 aromatic carbocycles. The second-order valence-electron chi connectivity index (χ2n) is 8.15. The fourth-order valence-electron chi connectivity index (χ4n) is 4.51. The smallest absolute Gasteiger partial charge is 0.224 e. The van der Waals surface area contributed by atoms with Crippen LogP contribution in [0.1, 0.15) is 43.7 Å². The molecule has 1 amide bonds. The van der Waals surface area contributed by atoms with Crippen molar-refractivity contribution in [1.82, 2.24) is 29.4 Å². The molecule has 4 heterocycles. The van der Waals surface area contributed by atoms with Crippen molar-refractivity contribution < 1.29 is 4.79 Å². The zero-order valence-electron chi connectivity index (χ0n) is 18.7. The maximum Gasteiger partial charge on any atom is 0.224 e. The van der Waals surface area contributed by atoms with Crippen LogP contribution < -0.4 is 5.32 Å². The van der Waals surface area contributed by atoms with E-state index in [2.05, 4.69) is 27.2 Å². The molecule has 5 rings (SSSR count). The summed E-state index contributed by atoms with van der Waals surface area (Å²) in [5.74, 6) is 2.71. The number of aromatic nitrogens is 5. The Labute approximate surface area is 192 Å². The molecule has 1 atom stereocenters. The normalized spacial score (nSPS) is 15.8. The molecule has 0 saturated carbocycles. The zero-order chi connectivity index (χ0) is 22.6. The standard InChI is InChI=1S/C25H27N7O/c1-2-22-26-14-16-32(22)23-11-5-9-20(30-23)21-10-6-15-31(21)24(33)12-13-27-25-18-7-3-4-8-19(18)28-17-29-25/h3-5,7-9,11,14,16-17,21H,2,6,10,12-13,15H2,1H3,(H,27,28,29). The Morgan fingerprint density at radius 3 is 2.94 bits per heavy atom. The second kappa shape index (κ2) is 9.36. The van der Waals surface area contributed by atoms with Crippen LogP contribution in [0.15, 0.2) is 61.2 Å². The van der Waals surface area contributed by atoms with Crippen molar-refractivity contribution in [2.75, 3.05) is 18.4 Å². The Morgan fingerprint density at radius 1 is 1.12 bits per heavy atom. The van der Waals surface area contributed by atoms with Gasteiger partial charge in [0.25, 0.3) is 0 Å². The highest BCUT2D eigenvalue weighted by Gasteiger charge is 2.30. The SMILES string of the molecule is CCc1nccn1-c1cccc(C2CCCN2C(=O)CCNc2ncnc3ccccc23)n1. The first kappa shape index (κ1) is 21.1. The number of amides is 1. The van der Waals surface area contributed by atoms with Gasteiger partial charge in [-0.05, 0) is 37.1 Å². The van der Waals surface area contributed by atoms with Gasteiger partial charge in [0, 0.05) is 43.7 Å². The monoisotopic (exact) mass is 441 g/mol. The van der Waals surface area contributed by atoms with Crippen LogP contribution in [-0.4, -0.2) is 48.4 Å². The molecule has 4 aromatic rings. The lowest BCUT2D eigenvalue weighted by molar-refractivity contribution is -0.131. The minimum absolute atomic E-state index is 0.00549. The summed E-state index contributed by atoms with van der Waals surface area (Å²) in [6.45, 7) is 3.36. The molecule has 168 valence electrons. The van der Waals surface area contributed by atoms with Gasteiger partial charge in [-0.2, -0.15) is 0 Å². The molecule has 0 radical (unpaired) electrons. The Bertz CT molecular complexity index is 1260. The first-order valence-corrected chi connectivity index (χ1v) is 11.5. The molecule has 3 aromatic heterocycles. The van der Waals surface area contributed by atoms with Gasteiger partial charge >= 0.3 is 0 Å². The number of para-hydroxylation sites is 1. The molecule has 1 saturated heterocycles. The highest BCUT2D eigenvalue weighted by atomic mass is 16.2. The number of imidazole rings is 1. The number of anilines is 1. The topological polar surface area (TPSA) is 88.8 Å². The molecule has 8 nitrogen and oxygen atoms in total. The minimum Gasteiger partial charge on any atom is -0.369 e. The molecular formula is C25H27N7O. The molecule has 0 bridgehead atoms. The third kappa shape index (κ3) is 4.28. The van der Waals surface area contributed by atoms with E-state index in [-0.39, 0.29) is 11.9 Å². The van der Waals surface area contributed by atoms with Crippen LogP contribution in [0, 0.1) is 0 Å². The van der Waals surface area contributed by atoms with Crippen molar-refractivity contribution in [3.05, 3.63) is 72.7 Å². The largest absolute Gasteiger partial charge is 0.369 e. The van der Waals surface area contributed by atoms with Crippen molar-refractivity contribution >= 4 is 22.6 Å². The van der Waals surface area contributed by atoms with E-state index in [1.54, 1.807) is 12.5 Å². The summed E-state index contributed by atoms with van der Waals surface area (Å²) in [5, 5.41) is 4.27. The van der Waals surface area contributed by atoms with Crippen LogP contribution in [0.25, 0.3) is 16.7 Å². The Morgan fingerprint density at radius 2 is 2.03 bits per heavy atom. The third-order valence-electron chi connectivity index (χ3n) is 6.13. The molecule has 0 aliphatic carbocycles. The number of fused-ring (bicyclic) bond motifs is 1. The van der Waals surface area contributed by atoms with Crippen molar-refractivity contribution in [1.29, 1.82) is 0 Å². The molecule has 33 heavy (non-hydrogen) atoms. The Hall–Kier alpha value is -3.81. The molecule has 1 aliphatic heterocycles. The van der Waals surface area contributed by atoms with Crippen LogP contribution in [0.4, 0.5) is 5.82 Å². The number of nitrogens with one attached hydrogen (secondary N) is 1. The maximum atomic E-state index is 13.1. The quantitative estimate of drug-likeness (QED) is 0.467. The Kier molecular flexibility index (Phi) is 5.97. The van der Waals surface area contributed by atoms with Crippen molar-refractivity contribution in [3.63, 3.8) is 0 Å². The van der Waals surface area contributed by atoms with Gasteiger partial charge in [0.2, 0.25) is 5.91 Å². The van der Waals surface area contributed by atoms with Crippen molar-refractivity contribution in [3.8, 4) is 5.82 Å². The van der Waals surface area contributed by atoms with Gasteiger partial charge < -0.3 is 10.2 Å². The van der Waals surface area contributed by atoms with E-state index in [4.69, 9.17) is 4.98 Å². The number of carbonyl (C=O) groups excluding carboxylic acids is 1. The predicted molar refractivity (Wildman–Crippen MR) is 127 cm³/mol. The van der Waals surface area contributed by atoms with E-state index in [9.17, 15) is 4.79 Å². The highest BCUT2D eigenvalue weighted by Crippen LogP contribution is 2.32. The third-order valence-corrected chi connectivity index (χ3v) is 6.13. The lowest BCUT2D eigenvalue weighted by Gasteiger charge is -2.25. The summed E-state index contributed by atoms with van der Waals surface area (Å²) in [7, 11) is 0. The number of nitrogens with zero attached hydrogens (tertiary/aromatic N) is 6. The molecule has 1 fully saturated rings. The summed E-state index contributed by atoms with van der Waals surface area (Å²) in [6, 6.07) is 13.9. The van der Waals surface area contributed by atoms with E-state index in [0.717, 1.165) is 59.9 Å². The van der Waals surface area contributed by atoms with Gasteiger partial charge in [-0.25, -0.2) is 19.9 Å². The van der Waals surface area contributed by atoms with E-state index in [1.807, 2.05) is 58.1 Å². The van der Waals surface area contributed by atoms with Gasteiger partial charge in [0.15, 0.2) is 0 Å². The summed E-state index contributed by atoms with van der Waals surface area (Å²) < 4.78 is 2.01. The molecule has 1 aliphatic rings. The minimum atomic E-state index is 0.00549. The number of likely N-dealkylation sites (tertiary alicyclic amines) is 1. The van der Waals surface area contributed by atoms with E-state index in [0.29, 0.717) is 13.0 Å². The van der Waals surface area contributed by atoms with Gasteiger partial charge in [0.05, 0.1) is 17.3 Å². The van der Waals surface area contributed by atoms with Crippen LogP contribution in [0.3, 0.4) is 0 Å². The van der Waals surface area contributed by atoms with Crippen molar-refractivity contribution in [2.45, 2.75) is 38.6 Å². The average molecular weight is 442 g/mol. The zero-order valence-corrected chi connectivity index (χ0v) is 18.7. The van der Waals surface area contributed by atoms with E-state index in [1.165, 1.54) is 0 Å². The van der Waals surface area contributed by atoms with E-state index >= 15 is 0 Å². The second-order valence-corrected chi connectivity index (χ2v) is 8.15. The number of carbonyl (C=O) groups is 1. The molecule has 0 spiro atoms. The fraction of sp³-hybridized carbons (Fsp3) is 0.320. The Balaban J connectivity index is 1.27. The molecule has 1 unspecified atom stereocenters. The number of benzene rings is 1. The van der Waals surface area contributed by atoms with Crippen LogP contribution in [0.2, 0.25) is 0 Å². The lowest BCUT2D eigenvalue weighted by Crippen LogP contribution is -2.32. The summed E-state index contributed by atoms with van der Waals surface area (Å²) in [6.07, 6.45) is 8.43. The molecule has 1 N–H and O–H groups in total. The van der Waals surface area contributed by atoms with Gasteiger partial charge in [-0.3, -0.25) is 9.36 Å². The summed E-state index contributed by atoms with van der Waals surface area (Å²) in [4.78, 5) is 33.0. The fourth-order valence-corrected chi connectivity index (χ4v) is 4.51. The number of rotatable bonds is 7. The van der Waals surface area contributed by atoms with E-state index < -0.39 is 0 Å². The first-order chi connectivity index (χ1) is 16.2. The lowest BCUT2D eigenvalue weighted by atomic mass is 10.1. The van der Waals surface area contributed by atoms with Crippen LogP contribution >= 0.6 is 0 Å². The summed E-state index contributed by atoms with van der Waals surface area (Å²) in [5.41, 5.74) is 1.82. The highest BCUT2D eigenvalue weighted by molar-refractivity contribution is 5.88. The summed E-state index contributed by atoms with van der Waals surface area (Å²) >= 11 is 0. The number of hydrogen-bond donors (Lipinski definition) is 1. The van der Waals surface area contributed by atoms with Gasteiger partial charge in [-0.15, -0.1) is 0 Å². The number of pyridine rings is 1. The first-order valence-electron chi connectivity index (χ1n) is 11.5. The van der Waals surface area contributed by atoms with Gasteiger partial charge in [-0.1, -0.05) is 25.1 Å². The maximum absolute atomic E-state index is 13.1. The van der Waals surface area contributed by atoms with Crippen LogP contribution in [0.5, 0.6) is 0 Å². The average Bonchev–Trinajstić information content (AvgIpc) is 3.54.